The van der Waals surface area contributed by atoms with Crippen LogP contribution in [0.15, 0.2) is 12.1 Å². The van der Waals surface area contributed by atoms with Crippen LogP contribution in [-0.4, -0.2) is 29.9 Å². The van der Waals surface area contributed by atoms with Crippen molar-refractivity contribution < 1.29 is 14.9 Å². The highest BCUT2D eigenvalue weighted by Crippen LogP contribution is 2.63. The van der Waals surface area contributed by atoms with E-state index in [4.69, 9.17) is 4.74 Å². The number of hydrogen-bond acceptors (Lipinski definition) is 4. The summed E-state index contributed by atoms with van der Waals surface area (Å²) >= 11 is 0. The SMILES string of the molecule is CNC[C@@H]1O[C@H](C23CC4CC(CC(C4)C2)C3)Cc2c1ccc(O)c2O. The molecule has 0 saturated heterocycles. The molecule has 0 radical (unpaired) electrons. The van der Waals surface area contributed by atoms with E-state index in [1.807, 2.05) is 13.1 Å². The van der Waals surface area contributed by atoms with E-state index in [0.717, 1.165) is 41.8 Å². The number of aromatic hydroxyl groups is 2. The van der Waals surface area contributed by atoms with Gasteiger partial charge in [0.2, 0.25) is 0 Å². The zero-order valence-corrected chi connectivity index (χ0v) is 15.0. The molecule has 2 atom stereocenters. The second-order valence-electron chi connectivity index (χ2n) is 9.16. The lowest BCUT2D eigenvalue weighted by Gasteiger charge is -2.60. The fourth-order valence-electron chi connectivity index (χ4n) is 6.94. The van der Waals surface area contributed by atoms with E-state index in [1.165, 1.54) is 38.5 Å². The van der Waals surface area contributed by atoms with Crippen molar-refractivity contribution in [1.82, 2.24) is 5.32 Å². The zero-order valence-electron chi connectivity index (χ0n) is 15.0. The van der Waals surface area contributed by atoms with Crippen LogP contribution in [0.3, 0.4) is 0 Å². The Balaban J connectivity index is 1.52. The molecule has 25 heavy (non-hydrogen) atoms. The van der Waals surface area contributed by atoms with Crippen LogP contribution in [-0.2, 0) is 11.2 Å². The summed E-state index contributed by atoms with van der Waals surface area (Å²) in [5.41, 5.74) is 2.23. The predicted octanol–water partition coefficient (Wildman–Crippen LogP) is 3.52. The highest BCUT2D eigenvalue weighted by Gasteiger charge is 2.55. The van der Waals surface area contributed by atoms with Crippen molar-refractivity contribution in [3.8, 4) is 11.5 Å². The first-order valence-electron chi connectivity index (χ1n) is 9.92. The first-order valence-corrected chi connectivity index (χ1v) is 9.92. The van der Waals surface area contributed by atoms with E-state index >= 15 is 0 Å². The number of nitrogens with one attached hydrogen (secondary N) is 1. The fourth-order valence-corrected chi connectivity index (χ4v) is 6.94. The molecular weight excluding hydrogens is 314 g/mol. The van der Waals surface area contributed by atoms with Crippen LogP contribution in [0.4, 0.5) is 0 Å². The first kappa shape index (κ1) is 16.0. The normalized spacial score (nSPS) is 41.7. The zero-order chi connectivity index (χ0) is 17.2. The number of rotatable bonds is 3. The summed E-state index contributed by atoms with van der Waals surface area (Å²) in [4.78, 5) is 0. The number of fused-ring (bicyclic) bond motifs is 1. The maximum absolute atomic E-state index is 10.5. The smallest absolute Gasteiger partial charge is 0.161 e. The molecule has 1 aliphatic heterocycles. The topological polar surface area (TPSA) is 61.7 Å². The third-order valence-electron chi connectivity index (χ3n) is 7.52. The minimum atomic E-state index is -0.0433. The lowest BCUT2D eigenvalue weighted by Crippen LogP contribution is -2.54. The Kier molecular flexibility index (Phi) is 3.58. The molecule has 3 N–H and O–H groups in total. The van der Waals surface area contributed by atoms with Gasteiger partial charge in [-0.25, -0.2) is 0 Å². The maximum atomic E-state index is 10.5. The van der Waals surface area contributed by atoms with E-state index < -0.39 is 0 Å². The van der Waals surface area contributed by atoms with Crippen LogP contribution in [0.2, 0.25) is 0 Å². The standard InChI is InChI=1S/C21H29NO3/c1-22-11-18-15-2-3-17(23)20(24)16(15)7-19(25-18)21-8-12-4-13(9-21)6-14(5-12)10-21/h2-3,12-14,18-19,22-24H,4-11H2,1H3/t12?,13?,14?,18-,19-,21?/m0/s1. The molecule has 4 saturated carbocycles. The Morgan fingerprint density at radius 3 is 2.32 bits per heavy atom. The number of ether oxygens (including phenoxy) is 1. The van der Waals surface area contributed by atoms with Gasteiger partial charge < -0.3 is 20.3 Å². The van der Waals surface area contributed by atoms with Crippen molar-refractivity contribution >= 4 is 0 Å². The van der Waals surface area contributed by atoms with Crippen LogP contribution < -0.4 is 5.32 Å². The number of benzene rings is 1. The summed E-state index contributed by atoms with van der Waals surface area (Å²) in [6.07, 6.45) is 9.03. The van der Waals surface area contributed by atoms with E-state index in [1.54, 1.807) is 6.07 Å². The molecule has 1 aromatic carbocycles. The molecule has 136 valence electrons. The molecule has 4 nitrogen and oxygen atoms in total. The highest BCUT2D eigenvalue weighted by atomic mass is 16.5. The van der Waals surface area contributed by atoms with Crippen LogP contribution in [0, 0.1) is 23.2 Å². The average Bonchev–Trinajstić information content (AvgIpc) is 2.57. The Labute approximate surface area is 149 Å². The summed E-state index contributed by atoms with van der Waals surface area (Å²) in [5.74, 6) is 2.72. The molecule has 6 rings (SSSR count). The number of phenolic OH excluding ortho intramolecular Hbond substituents is 2. The average molecular weight is 343 g/mol. The molecule has 4 heteroatoms. The Morgan fingerprint density at radius 2 is 1.72 bits per heavy atom. The van der Waals surface area contributed by atoms with Gasteiger partial charge in [0.1, 0.15) is 0 Å². The maximum Gasteiger partial charge on any atom is 0.161 e. The molecule has 0 spiro atoms. The van der Waals surface area contributed by atoms with Crippen LogP contribution in [0.25, 0.3) is 0 Å². The van der Waals surface area contributed by atoms with Gasteiger partial charge in [-0.05, 0) is 80.4 Å². The van der Waals surface area contributed by atoms with Crippen LogP contribution >= 0.6 is 0 Å². The number of hydrogen-bond donors (Lipinski definition) is 3. The van der Waals surface area contributed by atoms with Crippen LogP contribution in [0.1, 0.15) is 55.8 Å². The number of likely N-dealkylation sites (N-methyl/N-ethyl adjacent to an activating group) is 1. The monoisotopic (exact) mass is 343 g/mol. The fraction of sp³-hybridized carbons (Fsp3) is 0.714. The lowest BCUT2D eigenvalue weighted by atomic mass is 9.47. The predicted molar refractivity (Wildman–Crippen MR) is 95.6 cm³/mol. The van der Waals surface area contributed by atoms with Gasteiger partial charge in [0.25, 0.3) is 0 Å². The van der Waals surface area contributed by atoms with Crippen molar-refractivity contribution in [2.45, 2.75) is 57.2 Å². The molecule has 4 bridgehead atoms. The van der Waals surface area contributed by atoms with Gasteiger partial charge in [0, 0.05) is 18.5 Å². The highest BCUT2D eigenvalue weighted by molar-refractivity contribution is 5.51. The molecule has 4 aliphatic carbocycles. The number of phenols is 2. The third-order valence-corrected chi connectivity index (χ3v) is 7.52. The van der Waals surface area contributed by atoms with Crippen molar-refractivity contribution in [3.63, 3.8) is 0 Å². The van der Waals surface area contributed by atoms with Gasteiger partial charge in [-0.15, -0.1) is 0 Å². The molecule has 4 fully saturated rings. The molecular formula is C21H29NO3. The van der Waals surface area contributed by atoms with E-state index in [9.17, 15) is 10.2 Å². The van der Waals surface area contributed by atoms with Crippen molar-refractivity contribution in [1.29, 1.82) is 0 Å². The van der Waals surface area contributed by atoms with Crippen molar-refractivity contribution in [3.05, 3.63) is 23.3 Å². The largest absolute Gasteiger partial charge is 0.504 e. The summed E-state index contributed by atoms with van der Waals surface area (Å²) in [7, 11) is 1.94. The lowest BCUT2D eigenvalue weighted by molar-refractivity contribution is -0.166. The van der Waals surface area contributed by atoms with Gasteiger partial charge in [-0.3, -0.25) is 0 Å². The van der Waals surface area contributed by atoms with Crippen LogP contribution in [0.5, 0.6) is 11.5 Å². The second-order valence-corrected chi connectivity index (χ2v) is 9.16. The second kappa shape index (κ2) is 5.62. The van der Waals surface area contributed by atoms with Gasteiger partial charge in [-0.2, -0.15) is 0 Å². The molecule has 1 heterocycles. The van der Waals surface area contributed by atoms with E-state index in [0.29, 0.717) is 0 Å². The summed E-state index contributed by atoms with van der Waals surface area (Å²) < 4.78 is 6.68. The molecule has 1 aromatic rings. The Morgan fingerprint density at radius 1 is 1.08 bits per heavy atom. The van der Waals surface area contributed by atoms with Crippen molar-refractivity contribution in [2.24, 2.45) is 23.2 Å². The van der Waals surface area contributed by atoms with Gasteiger partial charge in [0.15, 0.2) is 11.5 Å². The molecule has 5 aliphatic rings. The first-order chi connectivity index (χ1) is 12.1. The molecule has 0 unspecified atom stereocenters. The van der Waals surface area contributed by atoms with Crippen molar-refractivity contribution in [2.75, 3.05) is 13.6 Å². The summed E-state index contributed by atoms with van der Waals surface area (Å²) in [5, 5.41) is 23.7. The summed E-state index contributed by atoms with van der Waals surface area (Å²) in [6.45, 7) is 0.736. The third kappa shape index (κ3) is 2.41. The minimum absolute atomic E-state index is 0.00637. The summed E-state index contributed by atoms with van der Waals surface area (Å²) in [6, 6.07) is 3.51. The van der Waals surface area contributed by atoms with E-state index in [2.05, 4.69) is 5.32 Å². The van der Waals surface area contributed by atoms with E-state index in [-0.39, 0.29) is 29.1 Å². The minimum Gasteiger partial charge on any atom is -0.504 e. The molecule has 0 amide bonds. The quantitative estimate of drug-likeness (QED) is 0.735. The van der Waals surface area contributed by atoms with Gasteiger partial charge >= 0.3 is 0 Å². The van der Waals surface area contributed by atoms with Gasteiger partial charge in [0.05, 0.1) is 12.2 Å². The van der Waals surface area contributed by atoms with Gasteiger partial charge in [-0.1, -0.05) is 6.07 Å². The molecule has 0 aromatic heterocycles. The Bertz CT molecular complexity index is 651. The Hall–Kier alpha value is -1.26.